The zero-order chi connectivity index (χ0) is 12.4. The molecule has 2 unspecified atom stereocenters. The minimum Gasteiger partial charge on any atom is -0.298 e. The van der Waals surface area contributed by atoms with Gasteiger partial charge in [-0.15, -0.1) is 10.2 Å². The highest BCUT2D eigenvalue weighted by Crippen LogP contribution is 2.19. The van der Waals surface area contributed by atoms with E-state index in [1.807, 2.05) is 0 Å². The Morgan fingerprint density at radius 2 is 2.00 bits per heavy atom. The molecule has 1 aliphatic rings. The SMILES string of the molecule is CC1CN(Cc2nnc(NN)s2)CC(C)N1C. The highest BCUT2D eigenvalue weighted by Gasteiger charge is 2.26. The summed E-state index contributed by atoms with van der Waals surface area (Å²) in [5.41, 5.74) is 2.53. The van der Waals surface area contributed by atoms with Crippen molar-refractivity contribution in [3.63, 3.8) is 0 Å². The number of hydrazine groups is 1. The van der Waals surface area contributed by atoms with Crippen molar-refractivity contribution in [1.29, 1.82) is 0 Å². The van der Waals surface area contributed by atoms with E-state index in [-0.39, 0.29) is 0 Å². The van der Waals surface area contributed by atoms with Crippen molar-refractivity contribution in [3.05, 3.63) is 5.01 Å². The van der Waals surface area contributed by atoms with E-state index in [1.54, 1.807) is 0 Å². The number of nitrogens with one attached hydrogen (secondary N) is 1. The van der Waals surface area contributed by atoms with Gasteiger partial charge in [0.15, 0.2) is 0 Å². The first-order valence-electron chi connectivity index (χ1n) is 5.83. The minimum atomic E-state index is 0.582. The van der Waals surface area contributed by atoms with E-state index in [4.69, 9.17) is 5.84 Å². The normalized spacial score (nSPS) is 27.3. The quantitative estimate of drug-likeness (QED) is 0.600. The molecule has 2 rings (SSSR count). The van der Waals surface area contributed by atoms with Crippen molar-refractivity contribution >= 4 is 16.5 Å². The van der Waals surface area contributed by atoms with Crippen molar-refractivity contribution in [3.8, 4) is 0 Å². The fraction of sp³-hybridized carbons (Fsp3) is 0.800. The maximum atomic E-state index is 5.30. The molecular formula is C10H20N6S. The van der Waals surface area contributed by atoms with Gasteiger partial charge in [0.2, 0.25) is 5.13 Å². The molecule has 1 aromatic heterocycles. The number of rotatable bonds is 3. The van der Waals surface area contributed by atoms with Crippen LogP contribution >= 0.6 is 11.3 Å². The van der Waals surface area contributed by atoms with Crippen molar-refractivity contribution in [1.82, 2.24) is 20.0 Å². The molecule has 1 saturated heterocycles. The summed E-state index contributed by atoms with van der Waals surface area (Å²) in [4.78, 5) is 4.85. The topological polar surface area (TPSA) is 70.3 Å². The van der Waals surface area contributed by atoms with Gasteiger partial charge in [-0.2, -0.15) is 0 Å². The molecule has 3 N–H and O–H groups in total. The maximum absolute atomic E-state index is 5.30. The molecule has 0 amide bonds. The predicted molar refractivity (Wildman–Crippen MR) is 69.7 cm³/mol. The average Bonchev–Trinajstić information content (AvgIpc) is 2.73. The van der Waals surface area contributed by atoms with Crippen molar-refractivity contribution < 1.29 is 0 Å². The summed E-state index contributed by atoms with van der Waals surface area (Å²) in [6, 6.07) is 1.16. The van der Waals surface area contributed by atoms with Crippen molar-refractivity contribution in [2.45, 2.75) is 32.5 Å². The second-order valence-electron chi connectivity index (χ2n) is 4.70. The van der Waals surface area contributed by atoms with Crippen LogP contribution in [0.25, 0.3) is 0 Å². The third kappa shape index (κ3) is 2.92. The predicted octanol–water partition coefficient (Wildman–Crippen LogP) is 0.348. The maximum Gasteiger partial charge on any atom is 0.219 e. The third-order valence-corrected chi connectivity index (χ3v) is 4.22. The molecule has 0 aromatic carbocycles. The molecule has 1 aliphatic heterocycles. The highest BCUT2D eigenvalue weighted by atomic mass is 32.1. The van der Waals surface area contributed by atoms with Gasteiger partial charge in [-0.25, -0.2) is 5.84 Å². The van der Waals surface area contributed by atoms with E-state index < -0.39 is 0 Å². The summed E-state index contributed by atoms with van der Waals surface area (Å²) in [5, 5.41) is 9.76. The van der Waals surface area contributed by atoms with Gasteiger partial charge in [0, 0.05) is 25.2 Å². The van der Waals surface area contributed by atoms with Gasteiger partial charge < -0.3 is 0 Å². The Balaban J connectivity index is 1.95. The van der Waals surface area contributed by atoms with Gasteiger partial charge in [0.05, 0.1) is 6.54 Å². The van der Waals surface area contributed by atoms with Gasteiger partial charge in [0.1, 0.15) is 5.01 Å². The Hall–Kier alpha value is -0.760. The second-order valence-corrected chi connectivity index (χ2v) is 5.76. The Morgan fingerprint density at radius 3 is 2.53 bits per heavy atom. The van der Waals surface area contributed by atoms with Gasteiger partial charge >= 0.3 is 0 Å². The van der Waals surface area contributed by atoms with Crippen LogP contribution in [0.4, 0.5) is 5.13 Å². The van der Waals surface area contributed by atoms with Crippen molar-refractivity contribution in [2.75, 3.05) is 25.6 Å². The van der Waals surface area contributed by atoms with E-state index in [2.05, 4.69) is 46.3 Å². The van der Waals surface area contributed by atoms with Gasteiger partial charge in [-0.1, -0.05) is 11.3 Å². The zero-order valence-electron chi connectivity index (χ0n) is 10.6. The number of nitrogens with zero attached hydrogens (tertiary/aromatic N) is 4. The molecule has 1 aromatic rings. The molecule has 1 fully saturated rings. The number of nitrogens with two attached hydrogens (primary N) is 1. The molecule has 96 valence electrons. The monoisotopic (exact) mass is 256 g/mol. The summed E-state index contributed by atoms with van der Waals surface area (Å²) in [7, 11) is 2.19. The lowest BCUT2D eigenvalue weighted by molar-refractivity contribution is 0.0555. The van der Waals surface area contributed by atoms with Crippen molar-refractivity contribution in [2.24, 2.45) is 5.84 Å². The number of hydrogen-bond acceptors (Lipinski definition) is 7. The molecule has 0 spiro atoms. The van der Waals surface area contributed by atoms with E-state index in [0.717, 1.165) is 24.6 Å². The van der Waals surface area contributed by atoms with Crippen LogP contribution in [0.1, 0.15) is 18.9 Å². The minimum absolute atomic E-state index is 0.582. The van der Waals surface area contributed by atoms with Crippen LogP contribution in [-0.4, -0.2) is 52.2 Å². The Labute approximate surface area is 106 Å². The van der Waals surface area contributed by atoms with Gasteiger partial charge in [0.25, 0.3) is 0 Å². The molecule has 0 aliphatic carbocycles. The molecular weight excluding hydrogens is 236 g/mol. The first kappa shape index (κ1) is 12.7. The van der Waals surface area contributed by atoms with Crippen LogP contribution in [0.15, 0.2) is 0 Å². The molecule has 6 nitrogen and oxygen atoms in total. The molecule has 0 radical (unpaired) electrons. The van der Waals surface area contributed by atoms with Gasteiger partial charge in [-0.05, 0) is 20.9 Å². The first-order valence-corrected chi connectivity index (χ1v) is 6.65. The Bertz CT molecular complexity index is 355. The fourth-order valence-electron chi connectivity index (χ4n) is 2.21. The lowest BCUT2D eigenvalue weighted by Gasteiger charge is -2.42. The summed E-state index contributed by atoms with van der Waals surface area (Å²) < 4.78 is 0. The van der Waals surface area contributed by atoms with E-state index >= 15 is 0 Å². The number of piperazine rings is 1. The first-order chi connectivity index (χ1) is 8.10. The smallest absolute Gasteiger partial charge is 0.219 e. The number of aromatic nitrogens is 2. The summed E-state index contributed by atoms with van der Waals surface area (Å²) >= 11 is 1.52. The van der Waals surface area contributed by atoms with E-state index in [1.165, 1.54) is 11.3 Å². The number of nitrogen functional groups attached to an aromatic ring is 1. The highest BCUT2D eigenvalue weighted by molar-refractivity contribution is 7.15. The molecule has 0 saturated carbocycles. The lowest BCUT2D eigenvalue weighted by atomic mass is 10.1. The largest absolute Gasteiger partial charge is 0.298 e. The Kier molecular flexibility index (Phi) is 3.93. The van der Waals surface area contributed by atoms with Crippen LogP contribution in [-0.2, 0) is 6.54 Å². The Morgan fingerprint density at radius 1 is 1.35 bits per heavy atom. The molecule has 0 bridgehead atoms. The molecule has 7 heteroatoms. The fourth-order valence-corrected chi connectivity index (χ4v) is 2.90. The van der Waals surface area contributed by atoms with E-state index in [9.17, 15) is 0 Å². The average molecular weight is 256 g/mol. The summed E-state index contributed by atoms with van der Waals surface area (Å²) in [6.07, 6.45) is 0. The van der Waals surface area contributed by atoms with Crippen LogP contribution < -0.4 is 11.3 Å². The lowest BCUT2D eigenvalue weighted by Crippen LogP contribution is -2.54. The number of hydrogen-bond donors (Lipinski definition) is 2. The van der Waals surface area contributed by atoms with Gasteiger partial charge in [-0.3, -0.25) is 15.2 Å². The second kappa shape index (κ2) is 5.26. The van der Waals surface area contributed by atoms with Crippen LogP contribution in [0.2, 0.25) is 0 Å². The number of likely N-dealkylation sites (N-methyl/N-ethyl adjacent to an activating group) is 1. The summed E-state index contributed by atoms with van der Waals surface area (Å²) in [5.74, 6) is 5.30. The van der Waals surface area contributed by atoms with Crippen LogP contribution in [0.3, 0.4) is 0 Å². The molecule has 2 heterocycles. The standard InChI is InChI=1S/C10H20N6S/c1-7-4-16(5-8(2)15(7)3)6-9-13-14-10(12-11)17-9/h7-8H,4-6,11H2,1-3H3,(H,12,14). The summed E-state index contributed by atoms with van der Waals surface area (Å²) in [6.45, 7) is 7.53. The molecule has 17 heavy (non-hydrogen) atoms. The van der Waals surface area contributed by atoms with Crippen LogP contribution in [0.5, 0.6) is 0 Å². The molecule has 2 atom stereocenters. The third-order valence-electron chi connectivity index (χ3n) is 3.38. The van der Waals surface area contributed by atoms with Crippen LogP contribution in [0, 0.1) is 0 Å². The number of anilines is 1. The zero-order valence-corrected chi connectivity index (χ0v) is 11.4. The van der Waals surface area contributed by atoms with E-state index in [0.29, 0.717) is 17.2 Å².